The summed E-state index contributed by atoms with van der Waals surface area (Å²) < 4.78 is 0. The van der Waals surface area contributed by atoms with Crippen molar-refractivity contribution in [3.63, 3.8) is 0 Å². The van der Waals surface area contributed by atoms with E-state index in [1.807, 2.05) is 6.92 Å². The van der Waals surface area contributed by atoms with Gasteiger partial charge in [0.25, 0.3) is 5.91 Å². The highest BCUT2D eigenvalue weighted by atomic mass is 35.5. The van der Waals surface area contributed by atoms with Crippen LogP contribution in [0, 0.1) is 0 Å². The lowest BCUT2D eigenvalue weighted by Crippen LogP contribution is -2.23. The van der Waals surface area contributed by atoms with Crippen LogP contribution in [-0.4, -0.2) is 17.4 Å². The summed E-state index contributed by atoms with van der Waals surface area (Å²) in [7, 11) is 0. The summed E-state index contributed by atoms with van der Waals surface area (Å²) in [5.41, 5.74) is 0.617. The Morgan fingerprint density at radius 2 is 2.38 bits per heavy atom. The number of halogens is 1. The Labute approximate surface area is 84.0 Å². The Kier molecular flexibility index (Phi) is 5.89. The minimum Gasteiger partial charge on any atom is -0.352 e. The number of carbonyl (C=O) groups is 1. The van der Waals surface area contributed by atoms with Crippen LogP contribution in [-0.2, 0) is 0 Å². The maximum Gasteiger partial charge on any atom is 0.252 e. The molecule has 1 aromatic rings. The third kappa shape index (κ3) is 3.90. The van der Waals surface area contributed by atoms with E-state index in [0.717, 1.165) is 6.42 Å². The second kappa shape index (κ2) is 6.43. The molecule has 3 nitrogen and oxygen atoms in total. The van der Waals surface area contributed by atoms with Crippen LogP contribution in [0.4, 0.5) is 0 Å². The molecule has 0 bridgehead atoms. The van der Waals surface area contributed by atoms with Crippen molar-refractivity contribution < 1.29 is 4.79 Å². The van der Waals surface area contributed by atoms with E-state index in [2.05, 4.69) is 10.3 Å². The fourth-order valence-corrected chi connectivity index (χ4v) is 0.838. The van der Waals surface area contributed by atoms with E-state index >= 15 is 0 Å². The van der Waals surface area contributed by atoms with Gasteiger partial charge in [-0.2, -0.15) is 0 Å². The van der Waals surface area contributed by atoms with Crippen LogP contribution >= 0.6 is 12.4 Å². The van der Waals surface area contributed by atoms with Crippen molar-refractivity contribution in [2.45, 2.75) is 13.3 Å². The van der Waals surface area contributed by atoms with Crippen LogP contribution < -0.4 is 5.32 Å². The van der Waals surface area contributed by atoms with Gasteiger partial charge in [0.1, 0.15) is 0 Å². The standard InChI is InChI=1S/C9H12N2O.ClH/c1-2-5-11-9(12)8-4-3-6-10-7-8;/h3-4,6-7H,2,5H2,1H3,(H,11,12);1H. The normalized spacial score (nSPS) is 8.69. The fourth-order valence-electron chi connectivity index (χ4n) is 0.838. The molecule has 1 amide bonds. The van der Waals surface area contributed by atoms with Gasteiger partial charge in [0.05, 0.1) is 5.56 Å². The van der Waals surface area contributed by atoms with Crippen molar-refractivity contribution >= 4 is 18.3 Å². The molecular formula is C9H13ClN2O. The highest BCUT2D eigenvalue weighted by molar-refractivity contribution is 5.93. The summed E-state index contributed by atoms with van der Waals surface area (Å²) in [5.74, 6) is -0.0510. The molecule has 13 heavy (non-hydrogen) atoms. The quantitative estimate of drug-likeness (QED) is 0.806. The zero-order valence-electron chi connectivity index (χ0n) is 7.49. The number of aromatic nitrogens is 1. The Hall–Kier alpha value is -1.09. The third-order valence-corrected chi connectivity index (χ3v) is 1.46. The molecule has 0 saturated heterocycles. The van der Waals surface area contributed by atoms with Crippen molar-refractivity contribution in [3.05, 3.63) is 30.1 Å². The SMILES string of the molecule is CCCNC(=O)c1cccnc1.Cl. The Bertz CT molecular complexity index is 251. The zero-order chi connectivity index (χ0) is 8.81. The Morgan fingerprint density at radius 3 is 2.92 bits per heavy atom. The molecule has 0 fully saturated rings. The molecule has 0 aliphatic heterocycles. The molecule has 0 radical (unpaired) electrons. The maximum absolute atomic E-state index is 11.3. The molecule has 0 atom stereocenters. The number of hydrogen-bond donors (Lipinski definition) is 1. The number of nitrogens with zero attached hydrogens (tertiary/aromatic N) is 1. The molecule has 1 rings (SSSR count). The van der Waals surface area contributed by atoms with E-state index < -0.39 is 0 Å². The first-order chi connectivity index (χ1) is 5.84. The number of rotatable bonds is 3. The van der Waals surface area contributed by atoms with Crippen LogP contribution in [0.25, 0.3) is 0 Å². The van der Waals surface area contributed by atoms with Gasteiger partial charge in [-0.15, -0.1) is 12.4 Å². The second-order valence-corrected chi connectivity index (χ2v) is 2.50. The molecular weight excluding hydrogens is 188 g/mol. The molecule has 0 aliphatic carbocycles. The Morgan fingerprint density at radius 1 is 1.62 bits per heavy atom. The van der Waals surface area contributed by atoms with E-state index in [1.54, 1.807) is 24.5 Å². The lowest BCUT2D eigenvalue weighted by molar-refractivity contribution is 0.0953. The average Bonchev–Trinajstić information content (AvgIpc) is 2.15. The van der Waals surface area contributed by atoms with E-state index in [4.69, 9.17) is 0 Å². The molecule has 0 saturated carbocycles. The highest BCUT2D eigenvalue weighted by Gasteiger charge is 2.01. The molecule has 72 valence electrons. The van der Waals surface area contributed by atoms with E-state index in [1.165, 1.54) is 0 Å². The summed E-state index contributed by atoms with van der Waals surface area (Å²) in [6.45, 7) is 2.73. The van der Waals surface area contributed by atoms with Crippen LogP contribution in [0.1, 0.15) is 23.7 Å². The first-order valence-electron chi connectivity index (χ1n) is 4.03. The molecule has 0 aromatic carbocycles. The van der Waals surface area contributed by atoms with Gasteiger partial charge < -0.3 is 5.32 Å². The van der Waals surface area contributed by atoms with Crippen molar-refractivity contribution in [1.82, 2.24) is 10.3 Å². The largest absolute Gasteiger partial charge is 0.352 e. The van der Waals surface area contributed by atoms with Crippen LogP contribution in [0.5, 0.6) is 0 Å². The lowest BCUT2D eigenvalue weighted by atomic mass is 10.3. The van der Waals surface area contributed by atoms with Gasteiger partial charge in [0.15, 0.2) is 0 Å². The van der Waals surface area contributed by atoms with Gasteiger partial charge in [-0.3, -0.25) is 9.78 Å². The lowest BCUT2D eigenvalue weighted by Gasteiger charge is -2.01. The number of hydrogen-bond acceptors (Lipinski definition) is 2. The Balaban J connectivity index is 0.00000144. The molecule has 1 aromatic heterocycles. The predicted molar refractivity (Wildman–Crippen MR) is 54.1 cm³/mol. The fraction of sp³-hybridized carbons (Fsp3) is 0.333. The van der Waals surface area contributed by atoms with E-state index in [9.17, 15) is 4.79 Å². The van der Waals surface area contributed by atoms with Crippen molar-refractivity contribution in [2.75, 3.05) is 6.54 Å². The second-order valence-electron chi connectivity index (χ2n) is 2.50. The van der Waals surface area contributed by atoms with Gasteiger partial charge in [0.2, 0.25) is 0 Å². The summed E-state index contributed by atoms with van der Waals surface area (Å²) in [6.07, 6.45) is 4.16. The molecule has 1 N–H and O–H groups in total. The van der Waals surface area contributed by atoms with Crippen molar-refractivity contribution in [3.8, 4) is 0 Å². The van der Waals surface area contributed by atoms with Crippen LogP contribution in [0.15, 0.2) is 24.5 Å². The highest BCUT2D eigenvalue weighted by Crippen LogP contribution is 1.94. The summed E-state index contributed by atoms with van der Waals surface area (Å²) >= 11 is 0. The summed E-state index contributed by atoms with van der Waals surface area (Å²) in [4.78, 5) is 15.1. The third-order valence-electron chi connectivity index (χ3n) is 1.46. The molecule has 0 spiro atoms. The minimum absolute atomic E-state index is 0. The van der Waals surface area contributed by atoms with Crippen molar-refractivity contribution in [2.24, 2.45) is 0 Å². The van der Waals surface area contributed by atoms with E-state index in [-0.39, 0.29) is 18.3 Å². The summed E-state index contributed by atoms with van der Waals surface area (Å²) in [5, 5.41) is 2.77. The van der Waals surface area contributed by atoms with Gasteiger partial charge in [-0.25, -0.2) is 0 Å². The van der Waals surface area contributed by atoms with Crippen LogP contribution in [0.2, 0.25) is 0 Å². The predicted octanol–water partition coefficient (Wildman–Crippen LogP) is 1.64. The first-order valence-corrected chi connectivity index (χ1v) is 4.03. The number of pyridine rings is 1. The van der Waals surface area contributed by atoms with Gasteiger partial charge >= 0.3 is 0 Å². The zero-order valence-corrected chi connectivity index (χ0v) is 8.30. The maximum atomic E-state index is 11.3. The minimum atomic E-state index is -0.0510. The smallest absolute Gasteiger partial charge is 0.252 e. The molecule has 0 unspecified atom stereocenters. The molecule has 1 heterocycles. The number of amides is 1. The number of nitrogens with one attached hydrogen (secondary N) is 1. The number of carbonyl (C=O) groups excluding carboxylic acids is 1. The van der Waals surface area contributed by atoms with Crippen molar-refractivity contribution in [1.29, 1.82) is 0 Å². The summed E-state index contributed by atoms with van der Waals surface area (Å²) in [6, 6.07) is 3.50. The van der Waals surface area contributed by atoms with Crippen LogP contribution in [0.3, 0.4) is 0 Å². The van der Waals surface area contributed by atoms with Gasteiger partial charge in [-0.1, -0.05) is 6.92 Å². The average molecular weight is 201 g/mol. The van der Waals surface area contributed by atoms with Gasteiger partial charge in [-0.05, 0) is 18.6 Å². The van der Waals surface area contributed by atoms with Gasteiger partial charge in [0, 0.05) is 18.9 Å². The first kappa shape index (κ1) is 11.9. The molecule has 4 heteroatoms. The monoisotopic (exact) mass is 200 g/mol. The molecule has 0 aliphatic rings. The topological polar surface area (TPSA) is 42.0 Å². The van der Waals surface area contributed by atoms with E-state index in [0.29, 0.717) is 12.1 Å².